The van der Waals surface area contributed by atoms with E-state index >= 15 is 0 Å². The Morgan fingerprint density at radius 3 is 2.50 bits per heavy atom. The number of carbonyl (C=O) groups excluding carboxylic acids is 3. The largest absolute Gasteiger partial charge is 0.465 e. The number of carboxylic acid groups (broad SMARTS) is 1. The third kappa shape index (κ3) is 6.10. The number of amides is 3. The second-order valence-electron chi connectivity index (χ2n) is 9.98. The summed E-state index contributed by atoms with van der Waals surface area (Å²) in [4.78, 5) is 54.6. The fraction of sp³-hybridized carbons (Fsp3) is 0.500. The first kappa shape index (κ1) is 26.9. The normalized spacial score (nSPS) is 18.3. The molecule has 0 spiro atoms. The summed E-state index contributed by atoms with van der Waals surface area (Å²) in [5.74, 6) is -2.23. The molecule has 0 saturated carbocycles. The number of Topliss-reactive ketones (excluding diaryl/α,β-unsaturated/α-hetero) is 1. The number of nitrogens with one attached hydrogen (secondary N) is 1. The Labute approximate surface area is 210 Å². The fourth-order valence-corrected chi connectivity index (χ4v) is 4.67. The van der Waals surface area contributed by atoms with Crippen molar-refractivity contribution in [2.45, 2.75) is 71.6 Å². The van der Waals surface area contributed by atoms with E-state index in [-0.39, 0.29) is 18.7 Å². The maximum atomic E-state index is 13.4. The molecule has 2 heterocycles. The minimum atomic E-state index is -1.37. The first-order valence-electron chi connectivity index (χ1n) is 12.2. The van der Waals surface area contributed by atoms with Gasteiger partial charge in [-0.3, -0.25) is 19.3 Å². The molecule has 2 N–H and O–H groups in total. The second-order valence-corrected chi connectivity index (χ2v) is 9.98. The van der Waals surface area contributed by atoms with Crippen LogP contribution in [0.25, 0.3) is 0 Å². The Kier molecular flexibility index (Phi) is 8.49. The van der Waals surface area contributed by atoms with E-state index in [4.69, 9.17) is 4.52 Å². The maximum Gasteiger partial charge on any atom is 0.409 e. The first-order valence-corrected chi connectivity index (χ1v) is 12.2. The highest BCUT2D eigenvalue weighted by Crippen LogP contribution is 2.38. The molecule has 10 nitrogen and oxygen atoms in total. The molecular weight excluding hydrogens is 464 g/mol. The maximum absolute atomic E-state index is 13.4. The van der Waals surface area contributed by atoms with Gasteiger partial charge in [0.1, 0.15) is 12.2 Å². The van der Waals surface area contributed by atoms with Crippen molar-refractivity contribution in [1.82, 2.24) is 20.3 Å². The predicted molar refractivity (Wildman–Crippen MR) is 131 cm³/mol. The highest BCUT2D eigenvalue weighted by atomic mass is 16.5. The van der Waals surface area contributed by atoms with E-state index in [9.17, 15) is 24.3 Å². The Morgan fingerprint density at radius 1 is 1.22 bits per heavy atom. The molecule has 0 radical (unpaired) electrons. The summed E-state index contributed by atoms with van der Waals surface area (Å²) in [6.45, 7) is 7.78. The predicted octanol–water partition coefficient (Wildman–Crippen LogP) is 3.86. The summed E-state index contributed by atoms with van der Waals surface area (Å²) in [7, 11) is 0. The fourth-order valence-electron chi connectivity index (χ4n) is 4.67. The second kappa shape index (κ2) is 11.4. The van der Waals surface area contributed by atoms with Crippen molar-refractivity contribution in [3.05, 3.63) is 53.9 Å². The number of hydrogen-bond donors (Lipinski definition) is 2. The lowest BCUT2D eigenvalue weighted by Crippen LogP contribution is -2.58. The SMILES string of the molecule is CCCC[C@@H](C(=O)C(=O)NC(C)c1ccccc1)N(C(=O)O)C1CC(C)(C)CN1C(=O)c1ccno1. The van der Waals surface area contributed by atoms with Crippen molar-refractivity contribution in [3.63, 3.8) is 0 Å². The molecule has 36 heavy (non-hydrogen) atoms. The number of likely N-dealkylation sites (tertiary alicyclic amines) is 1. The number of rotatable bonds is 10. The van der Waals surface area contributed by atoms with Crippen LogP contribution in [0.15, 0.2) is 47.1 Å². The van der Waals surface area contributed by atoms with Crippen molar-refractivity contribution in [2.24, 2.45) is 5.41 Å². The van der Waals surface area contributed by atoms with Crippen molar-refractivity contribution >= 4 is 23.7 Å². The molecule has 3 amide bonds. The third-order valence-electron chi connectivity index (χ3n) is 6.49. The molecule has 1 aliphatic heterocycles. The number of aromatic nitrogens is 1. The number of unbranched alkanes of at least 4 members (excludes halogenated alkanes) is 1. The zero-order valence-electron chi connectivity index (χ0n) is 21.1. The van der Waals surface area contributed by atoms with Crippen LogP contribution in [0, 0.1) is 5.41 Å². The van der Waals surface area contributed by atoms with Gasteiger partial charge in [0, 0.05) is 12.6 Å². The van der Waals surface area contributed by atoms with Crippen LogP contribution in [0.4, 0.5) is 4.79 Å². The van der Waals surface area contributed by atoms with Gasteiger partial charge < -0.3 is 19.8 Å². The lowest BCUT2D eigenvalue weighted by molar-refractivity contribution is -0.142. The van der Waals surface area contributed by atoms with Crippen LogP contribution in [0.5, 0.6) is 0 Å². The number of nitrogens with zero attached hydrogens (tertiary/aromatic N) is 3. The van der Waals surface area contributed by atoms with Crippen LogP contribution in [-0.2, 0) is 9.59 Å². The molecule has 194 valence electrons. The van der Waals surface area contributed by atoms with Crippen LogP contribution in [0.3, 0.4) is 0 Å². The number of carbonyl (C=O) groups is 4. The number of benzene rings is 1. The van der Waals surface area contributed by atoms with Gasteiger partial charge >= 0.3 is 6.09 Å². The van der Waals surface area contributed by atoms with Crippen LogP contribution >= 0.6 is 0 Å². The molecule has 0 bridgehead atoms. The van der Waals surface area contributed by atoms with E-state index in [0.717, 1.165) is 10.5 Å². The Morgan fingerprint density at radius 2 is 1.92 bits per heavy atom. The Hall–Kier alpha value is -3.69. The van der Waals surface area contributed by atoms with Gasteiger partial charge in [0.25, 0.3) is 11.8 Å². The van der Waals surface area contributed by atoms with Crippen LogP contribution < -0.4 is 5.32 Å². The molecule has 1 fully saturated rings. The lowest BCUT2D eigenvalue weighted by atomic mass is 9.91. The zero-order valence-corrected chi connectivity index (χ0v) is 21.1. The van der Waals surface area contributed by atoms with Crippen molar-refractivity contribution in [1.29, 1.82) is 0 Å². The van der Waals surface area contributed by atoms with Gasteiger partial charge in [-0.1, -0.05) is 69.1 Å². The van der Waals surface area contributed by atoms with E-state index in [1.807, 2.05) is 51.1 Å². The first-order chi connectivity index (χ1) is 17.1. The average Bonchev–Trinajstić information content (AvgIpc) is 3.48. The lowest BCUT2D eigenvalue weighted by Gasteiger charge is -2.37. The molecule has 1 aromatic heterocycles. The van der Waals surface area contributed by atoms with E-state index < -0.39 is 47.4 Å². The molecule has 10 heteroatoms. The third-order valence-corrected chi connectivity index (χ3v) is 6.49. The highest BCUT2D eigenvalue weighted by molar-refractivity contribution is 6.38. The van der Waals surface area contributed by atoms with Gasteiger partial charge in [-0.15, -0.1) is 0 Å². The monoisotopic (exact) mass is 498 g/mol. The molecule has 1 saturated heterocycles. The molecule has 0 aliphatic carbocycles. The van der Waals surface area contributed by atoms with Crippen LogP contribution in [0.1, 0.15) is 75.5 Å². The van der Waals surface area contributed by atoms with Gasteiger partial charge in [0.05, 0.1) is 12.2 Å². The summed E-state index contributed by atoms with van der Waals surface area (Å²) >= 11 is 0. The summed E-state index contributed by atoms with van der Waals surface area (Å²) in [5.41, 5.74) is 0.399. The standard InChI is InChI=1S/C26H34N4O6/c1-5-6-12-19(22(31)23(32)28-17(2)18-10-8-7-9-11-18)30(25(34)35)21-15-26(3,4)16-29(21)24(33)20-13-14-27-36-20/h7-11,13-14,17,19,21H,5-6,12,15-16H2,1-4H3,(H,28,32)(H,34,35)/t17?,19-,21?/m0/s1. The molecule has 1 aromatic carbocycles. The van der Waals surface area contributed by atoms with Crippen LogP contribution in [-0.4, -0.2) is 62.5 Å². The van der Waals surface area contributed by atoms with Crippen molar-refractivity contribution in [3.8, 4) is 0 Å². The van der Waals surface area contributed by atoms with Crippen LogP contribution in [0.2, 0.25) is 0 Å². The quantitative estimate of drug-likeness (QED) is 0.475. The molecule has 3 atom stereocenters. The minimum absolute atomic E-state index is 0.0195. The Bertz CT molecular complexity index is 1070. The topological polar surface area (TPSA) is 133 Å². The van der Waals surface area contributed by atoms with Gasteiger partial charge in [0.2, 0.25) is 11.5 Å². The molecule has 1 aliphatic rings. The number of ketones is 1. The average molecular weight is 499 g/mol. The summed E-state index contributed by atoms with van der Waals surface area (Å²) in [6, 6.07) is 8.91. The Balaban J connectivity index is 1.90. The molecule has 2 aromatic rings. The number of hydrogen-bond acceptors (Lipinski definition) is 6. The minimum Gasteiger partial charge on any atom is -0.465 e. The van der Waals surface area contributed by atoms with Gasteiger partial charge in [0.15, 0.2) is 0 Å². The zero-order chi connectivity index (χ0) is 26.5. The van der Waals surface area contributed by atoms with E-state index in [2.05, 4.69) is 10.5 Å². The van der Waals surface area contributed by atoms with E-state index in [1.54, 1.807) is 6.92 Å². The van der Waals surface area contributed by atoms with E-state index in [0.29, 0.717) is 19.3 Å². The van der Waals surface area contributed by atoms with Gasteiger partial charge in [-0.2, -0.15) is 0 Å². The highest BCUT2D eigenvalue weighted by Gasteiger charge is 2.49. The van der Waals surface area contributed by atoms with Gasteiger partial charge in [-0.25, -0.2) is 4.79 Å². The van der Waals surface area contributed by atoms with Gasteiger partial charge in [-0.05, 0) is 30.7 Å². The van der Waals surface area contributed by atoms with E-state index in [1.165, 1.54) is 17.2 Å². The molecule has 3 rings (SSSR count). The summed E-state index contributed by atoms with van der Waals surface area (Å²) in [6.07, 6.45) is 0.730. The smallest absolute Gasteiger partial charge is 0.409 e. The van der Waals surface area contributed by atoms with Crippen molar-refractivity contribution < 1.29 is 28.8 Å². The molecular formula is C26H34N4O6. The summed E-state index contributed by atoms with van der Waals surface area (Å²) < 4.78 is 5.02. The van der Waals surface area contributed by atoms with Crippen molar-refractivity contribution in [2.75, 3.05) is 6.54 Å². The molecule has 2 unspecified atom stereocenters. The summed E-state index contributed by atoms with van der Waals surface area (Å²) in [5, 5.41) is 16.5.